The molecule has 1 fully saturated rings. The first-order valence-electron chi connectivity index (χ1n) is 7.31. The zero-order valence-corrected chi connectivity index (χ0v) is 14.9. The van der Waals surface area contributed by atoms with Crippen molar-refractivity contribution in [1.29, 1.82) is 0 Å². The van der Waals surface area contributed by atoms with Gasteiger partial charge in [-0.15, -0.1) is 11.8 Å². The number of carbonyl (C=O) groups is 2. The SMILES string of the molecule is CC(C)(C)OC(=O)N1C[C@H](Sc2ccccc2Cl)C[C@H]1C(=O)O. The van der Waals surface area contributed by atoms with Crippen LogP contribution in [0.5, 0.6) is 0 Å². The summed E-state index contributed by atoms with van der Waals surface area (Å²) in [6, 6.07) is 6.53. The summed E-state index contributed by atoms with van der Waals surface area (Å²) in [5.41, 5.74) is -0.659. The van der Waals surface area contributed by atoms with E-state index in [9.17, 15) is 14.7 Å². The predicted molar refractivity (Wildman–Crippen MR) is 90.1 cm³/mol. The molecule has 0 aromatic heterocycles. The summed E-state index contributed by atoms with van der Waals surface area (Å²) < 4.78 is 5.31. The molecule has 0 spiro atoms. The van der Waals surface area contributed by atoms with Gasteiger partial charge in [0, 0.05) is 16.7 Å². The molecule has 0 radical (unpaired) electrons. The van der Waals surface area contributed by atoms with Crippen molar-refractivity contribution in [1.82, 2.24) is 4.90 Å². The lowest BCUT2D eigenvalue weighted by atomic mass is 10.2. The Balaban J connectivity index is 2.10. The number of likely N-dealkylation sites (tertiary alicyclic amines) is 1. The van der Waals surface area contributed by atoms with Crippen LogP contribution < -0.4 is 0 Å². The zero-order chi connectivity index (χ0) is 17.2. The van der Waals surface area contributed by atoms with Gasteiger partial charge in [0.1, 0.15) is 11.6 Å². The van der Waals surface area contributed by atoms with E-state index >= 15 is 0 Å². The molecule has 0 unspecified atom stereocenters. The van der Waals surface area contributed by atoms with E-state index in [0.717, 1.165) is 4.90 Å². The van der Waals surface area contributed by atoms with Crippen LogP contribution in [0.2, 0.25) is 5.02 Å². The van der Waals surface area contributed by atoms with E-state index in [0.29, 0.717) is 18.0 Å². The molecule has 2 atom stereocenters. The first-order chi connectivity index (χ1) is 10.7. The maximum absolute atomic E-state index is 12.2. The third kappa shape index (κ3) is 4.78. The number of nitrogens with zero attached hydrogens (tertiary/aromatic N) is 1. The summed E-state index contributed by atoms with van der Waals surface area (Å²) in [6.45, 7) is 5.59. The van der Waals surface area contributed by atoms with Crippen LogP contribution >= 0.6 is 23.4 Å². The van der Waals surface area contributed by atoms with Crippen molar-refractivity contribution in [3.05, 3.63) is 29.3 Å². The van der Waals surface area contributed by atoms with Gasteiger partial charge in [-0.1, -0.05) is 23.7 Å². The Hall–Kier alpha value is -1.40. The first-order valence-corrected chi connectivity index (χ1v) is 8.57. The molecule has 1 aromatic rings. The highest BCUT2D eigenvalue weighted by Crippen LogP contribution is 2.36. The smallest absolute Gasteiger partial charge is 0.411 e. The molecular weight excluding hydrogens is 338 g/mol. The van der Waals surface area contributed by atoms with Crippen LogP contribution in [0, 0.1) is 0 Å². The third-order valence-corrected chi connectivity index (χ3v) is 5.03. The molecular formula is C16H20ClNO4S. The summed E-state index contributed by atoms with van der Waals surface area (Å²) in [5.74, 6) is -1.02. The first kappa shape index (κ1) is 17.9. The molecule has 2 rings (SSSR count). The van der Waals surface area contributed by atoms with Crippen LogP contribution in [0.15, 0.2) is 29.2 Å². The molecule has 1 aromatic carbocycles. The molecule has 1 aliphatic rings. The largest absolute Gasteiger partial charge is 0.480 e. The summed E-state index contributed by atoms with van der Waals surface area (Å²) in [6.07, 6.45) is -0.225. The average Bonchev–Trinajstić information content (AvgIpc) is 2.84. The fraction of sp³-hybridized carbons (Fsp3) is 0.500. The number of benzene rings is 1. The fourth-order valence-electron chi connectivity index (χ4n) is 2.36. The predicted octanol–water partition coefficient (Wildman–Crippen LogP) is 3.89. The van der Waals surface area contributed by atoms with Gasteiger partial charge in [-0.2, -0.15) is 0 Å². The van der Waals surface area contributed by atoms with E-state index < -0.39 is 23.7 Å². The molecule has 0 saturated carbocycles. The van der Waals surface area contributed by atoms with Gasteiger partial charge in [0.15, 0.2) is 0 Å². The average molecular weight is 358 g/mol. The summed E-state index contributed by atoms with van der Waals surface area (Å²) in [7, 11) is 0. The fourth-order valence-corrected chi connectivity index (χ4v) is 3.84. The van der Waals surface area contributed by atoms with Gasteiger partial charge in [-0.25, -0.2) is 9.59 Å². The number of hydrogen-bond donors (Lipinski definition) is 1. The van der Waals surface area contributed by atoms with E-state index in [-0.39, 0.29) is 5.25 Å². The number of carboxylic acid groups (broad SMARTS) is 1. The second-order valence-corrected chi connectivity index (χ2v) is 8.14. The van der Waals surface area contributed by atoms with Gasteiger partial charge in [0.2, 0.25) is 0 Å². The van der Waals surface area contributed by atoms with Crippen molar-refractivity contribution < 1.29 is 19.4 Å². The molecule has 0 aliphatic carbocycles. The number of carboxylic acids is 1. The maximum atomic E-state index is 12.2. The number of hydrogen-bond acceptors (Lipinski definition) is 4. The minimum Gasteiger partial charge on any atom is -0.480 e. The Morgan fingerprint density at radius 3 is 2.57 bits per heavy atom. The topological polar surface area (TPSA) is 66.8 Å². The molecule has 1 N–H and O–H groups in total. The van der Waals surface area contributed by atoms with Crippen LogP contribution in [-0.4, -0.2) is 45.5 Å². The lowest BCUT2D eigenvalue weighted by Crippen LogP contribution is -2.43. The number of thioether (sulfide) groups is 1. The van der Waals surface area contributed by atoms with Crippen molar-refractivity contribution in [2.24, 2.45) is 0 Å². The Labute approximate surface area is 144 Å². The molecule has 1 saturated heterocycles. The lowest BCUT2D eigenvalue weighted by molar-refractivity contribution is -0.142. The normalized spacial score (nSPS) is 21.3. The zero-order valence-electron chi connectivity index (χ0n) is 13.3. The highest BCUT2D eigenvalue weighted by molar-refractivity contribution is 8.00. The van der Waals surface area contributed by atoms with Crippen molar-refractivity contribution in [2.45, 2.75) is 49.0 Å². The number of rotatable bonds is 3. The summed E-state index contributed by atoms with van der Waals surface area (Å²) in [5, 5.41) is 9.97. The quantitative estimate of drug-likeness (QED) is 0.888. The monoisotopic (exact) mass is 357 g/mol. The van der Waals surface area contributed by atoms with Gasteiger partial charge in [0.25, 0.3) is 0 Å². The number of amides is 1. The minimum atomic E-state index is -1.02. The Bertz CT molecular complexity index is 602. The number of carbonyl (C=O) groups excluding carboxylic acids is 1. The number of ether oxygens (including phenoxy) is 1. The Kier molecular flexibility index (Phi) is 5.47. The van der Waals surface area contributed by atoms with E-state index in [1.807, 2.05) is 18.2 Å². The third-order valence-electron chi connectivity index (χ3n) is 3.31. The van der Waals surface area contributed by atoms with Crippen molar-refractivity contribution in [3.63, 3.8) is 0 Å². The highest BCUT2D eigenvalue weighted by Gasteiger charge is 2.42. The second-order valence-electron chi connectivity index (χ2n) is 6.39. The van der Waals surface area contributed by atoms with Crippen LogP contribution in [0.25, 0.3) is 0 Å². The van der Waals surface area contributed by atoms with E-state index in [4.69, 9.17) is 16.3 Å². The molecule has 7 heteroatoms. The second kappa shape index (κ2) is 7.01. The van der Waals surface area contributed by atoms with E-state index in [2.05, 4.69) is 0 Å². The van der Waals surface area contributed by atoms with E-state index in [1.54, 1.807) is 26.8 Å². The molecule has 126 valence electrons. The van der Waals surface area contributed by atoms with Gasteiger partial charge >= 0.3 is 12.1 Å². The molecule has 5 nitrogen and oxygen atoms in total. The number of halogens is 1. The molecule has 1 amide bonds. The molecule has 1 heterocycles. The molecule has 23 heavy (non-hydrogen) atoms. The Morgan fingerprint density at radius 1 is 1.35 bits per heavy atom. The van der Waals surface area contributed by atoms with Crippen molar-refractivity contribution in [3.8, 4) is 0 Å². The van der Waals surface area contributed by atoms with Gasteiger partial charge in [0.05, 0.1) is 5.02 Å². The van der Waals surface area contributed by atoms with Crippen LogP contribution in [0.3, 0.4) is 0 Å². The van der Waals surface area contributed by atoms with E-state index in [1.165, 1.54) is 16.7 Å². The van der Waals surface area contributed by atoms with Crippen molar-refractivity contribution in [2.75, 3.05) is 6.54 Å². The molecule has 0 bridgehead atoms. The van der Waals surface area contributed by atoms with Crippen molar-refractivity contribution >= 4 is 35.4 Å². The lowest BCUT2D eigenvalue weighted by Gasteiger charge is -2.26. The number of aliphatic carboxylic acids is 1. The van der Waals surface area contributed by atoms with Gasteiger partial charge < -0.3 is 9.84 Å². The van der Waals surface area contributed by atoms with Crippen LogP contribution in [-0.2, 0) is 9.53 Å². The minimum absolute atomic E-state index is 0.0384. The highest BCUT2D eigenvalue weighted by atomic mass is 35.5. The van der Waals surface area contributed by atoms with Gasteiger partial charge in [-0.3, -0.25) is 4.90 Å². The van der Waals surface area contributed by atoms with Gasteiger partial charge in [-0.05, 0) is 39.3 Å². The summed E-state index contributed by atoms with van der Waals surface area (Å²) in [4.78, 5) is 25.9. The van der Waals surface area contributed by atoms with Crippen LogP contribution in [0.4, 0.5) is 4.79 Å². The standard InChI is InChI=1S/C16H20ClNO4S/c1-16(2,3)22-15(21)18-9-10(8-12(18)14(19)20)23-13-7-5-4-6-11(13)17/h4-7,10,12H,8-9H2,1-3H3,(H,19,20)/t10-,12+/m1/s1. The maximum Gasteiger partial charge on any atom is 0.411 e. The Morgan fingerprint density at radius 2 is 2.00 bits per heavy atom. The summed E-state index contributed by atoms with van der Waals surface area (Å²) >= 11 is 7.64. The van der Waals surface area contributed by atoms with Crippen LogP contribution in [0.1, 0.15) is 27.2 Å². The molecule has 1 aliphatic heterocycles.